The van der Waals surface area contributed by atoms with Crippen LogP contribution in [0.1, 0.15) is 39.2 Å². The van der Waals surface area contributed by atoms with E-state index in [4.69, 9.17) is 4.74 Å². The lowest BCUT2D eigenvalue weighted by molar-refractivity contribution is -0.119. The molecule has 0 unspecified atom stereocenters. The number of amides is 1. The van der Waals surface area contributed by atoms with Gasteiger partial charge in [-0.1, -0.05) is 50.6 Å². The maximum absolute atomic E-state index is 11.2. The van der Waals surface area contributed by atoms with Gasteiger partial charge in [-0.3, -0.25) is 4.79 Å². The molecule has 2 rings (SSSR count). The van der Waals surface area contributed by atoms with E-state index in [-0.39, 0.29) is 12.0 Å². The van der Waals surface area contributed by atoms with Crippen LogP contribution in [-0.2, 0) is 16.1 Å². The number of nitrogens with one attached hydrogen (secondary N) is 1. The summed E-state index contributed by atoms with van der Waals surface area (Å²) in [6.07, 6.45) is 2.57. The van der Waals surface area contributed by atoms with Gasteiger partial charge in [0.2, 0.25) is 5.91 Å². The number of rotatable bonds is 6. The van der Waals surface area contributed by atoms with Crippen LogP contribution in [0.25, 0.3) is 0 Å². The van der Waals surface area contributed by atoms with Crippen LogP contribution >= 0.6 is 0 Å². The third-order valence-electron chi connectivity index (χ3n) is 4.75. The van der Waals surface area contributed by atoms with Gasteiger partial charge >= 0.3 is 0 Å². The van der Waals surface area contributed by atoms with Crippen LogP contribution in [0, 0.1) is 17.8 Å². The van der Waals surface area contributed by atoms with Crippen molar-refractivity contribution in [3.8, 4) is 0 Å². The zero-order chi connectivity index (χ0) is 15.2. The van der Waals surface area contributed by atoms with Crippen LogP contribution in [0.2, 0.25) is 0 Å². The molecule has 1 saturated carbocycles. The standard InChI is InChI=1S/C18H27NO2/c1-4-16-10-17(11-19-14(3)20)18(13(16)2)21-12-15-8-6-5-7-9-15/h5-9,13,16-18H,4,10-12H2,1-3H3,(H,19,20)/t13-,16+,17-,18-/m1/s1. The van der Waals surface area contributed by atoms with Crippen LogP contribution in [0.3, 0.4) is 0 Å². The minimum absolute atomic E-state index is 0.0458. The normalized spacial score (nSPS) is 28.5. The van der Waals surface area contributed by atoms with Gasteiger partial charge in [-0.25, -0.2) is 0 Å². The molecule has 0 aliphatic heterocycles. The van der Waals surface area contributed by atoms with Gasteiger partial charge in [0, 0.05) is 19.4 Å². The molecule has 0 heterocycles. The Bertz CT molecular complexity index is 446. The summed E-state index contributed by atoms with van der Waals surface area (Å²) < 4.78 is 6.23. The number of benzene rings is 1. The van der Waals surface area contributed by atoms with E-state index in [1.807, 2.05) is 18.2 Å². The van der Waals surface area contributed by atoms with Gasteiger partial charge in [-0.15, -0.1) is 0 Å². The van der Waals surface area contributed by atoms with Crippen molar-refractivity contribution in [2.45, 2.75) is 46.3 Å². The maximum Gasteiger partial charge on any atom is 0.216 e. The molecule has 0 aromatic heterocycles. The van der Waals surface area contributed by atoms with Crippen LogP contribution in [0.4, 0.5) is 0 Å². The summed E-state index contributed by atoms with van der Waals surface area (Å²) in [4.78, 5) is 11.2. The molecule has 3 nitrogen and oxygen atoms in total. The first-order valence-corrected chi connectivity index (χ1v) is 8.01. The van der Waals surface area contributed by atoms with Gasteiger partial charge in [0.15, 0.2) is 0 Å². The molecule has 0 bridgehead atoms. The Morgan fingerprint density at radius 2 is 2.00 bits per heavy atom. The summed E-state index contributed by atoms with van der Waals surface area (Å²) in [6, 6.07) is 10.3. The number of hydrogen-bond acceptors (Lipinski definition) is 2. The lowest BCUT2D eigenvalue weighted by atomic mass is 9.94. The molecule has 0 radical (unpaired) electrons. The molecule has 1 aromatic rings. The number of hydrogen-bond donors (Lipinski definition) is 1. The van der Waals surface area contributed by atoms with Gasteiger partial charge < -0.3 is 10.1 Å². The second kappa shape index (κ2) is 7.60. The van der Waals surface area contributed by atoms with Gasteiger partial charge in [0.05, 0.1) is 12.7 Å². The lowest BCUT2D eigenvalue weighted by Gasteiger charge is -2.24. The fourth-order valence-electron chi connectivity index (χ4n) is 3.50. The van der Waals surface area contributed by atoms with Crippen molar-refractivity contribution in [3.63, 3.8) is 0 Å². The topological polar surface area (TPSA) is 38.3 Å². The highest BCUT2D eigenvalue weighted by molar-refractivity contribution is 5.72. The van der Waals surface area contributed by atoms with E-state index in [0.29, 0.717) is 24.4 Å². The first-order valence-electron chi connectivity index (χ1n) is 8.01. The smallest absolute Gasteiger partial charge is 0.216 e. The van der Waals surface area contributed by atoms with Gasteiger partial charge in [0.25, 0.3) is 0 Å². The second-order valence-electron chi connectivity index (χ2n) is 6.22. The van der Waals surface area contributed by atoms with E-state index in [9.17, 15) is 4.79 Å². The van der Waals surface area contributed by atoms with E-state index in [0.717, 1.165) is 13.0 Å². The van der Waals surface area contributed by atoms with Crippen molar-refractivity contribution >= 4 is 5.91 Å². The molecule has 1 N–H and O–H groups in total. The monoisotopic (exact) mass is 289 g/mol. The Balaban J connectivity index is 1.96. The molecular formula is C18H27NO2. The molecule has 0 saturated heterocycles. The first-order chi connectivity index (χ1) is 10.1. The van der Waals surface area contributed by atoms with Crippen LogP contribution < -0.4 is 5.32 Å². The van der Waals surface area contributed by atoms with E-state index in [1.165, 1.54) is 12.0 Å². The van der Waals surface area contributed by atoms with Crippen LogP contribution in [0.15, 0.2) is 30.3 Å². The summed E-state index contributed by atoms with van der Waals surface area (Å²) in [5.41, 5.74) is 1.21. The second-order valence-corrected chi connectivity index (χ2v) is 6.22. The van der Waals surface area contributed by atoms with Crippen molar-refractivity contribution < 1.29 is 9.53 Å². The molecule has 0 spiro atoms. The SMILES string of the molecule is CC[C@H]1C[C@H](CNC(C)=O)[C@H](OCc2ccccc2)[C@@H]1C. The fourth-order valence-corrected chi connectivity index (χ4v) is 3.50. The van der Waals surface area contributed by atoms with E-state index in [1.54, 1.807) is 6.92 Å². The predicted octanol–water partition coefficient (Wildman–Crippen LogP) is 3.39. The highest BCUT2D eigenvalue weighted by atomic mass is 16.5. The Morgan fingerprint density at radius 3 is 2.62 bits per heavy atom. The minimum atomic E-state index is 0.0458. The van der Waals surface area contributed by atoms with Crippen molar-refractivity contribution in [2.75, 3.05) is 6.54 Å². The van der Waals surface area contributed by atoms with Crippen molar-refractivity contribution in [3.05, 3.63) is 35.9 Å². The summed E-state index contributed by atoms with van der Waals surface area (Å²) in [5, 5.41) is 2.96. The van der Waals surface area contributed by atoms with E-state index in [2.05, 4.69) is 31.3 Å². The Kier molecular flexibility index (Phi) is 5.80. The van der Waals surface area contributed by atoms with Crippen molar-refractivity contribution in [1.82, 2.24) is 5.32 Å². The van der Waals surface area contributed by atoms with Gasteiger partial charge in [-0.05, 0) is 23.8 Å². The summed E-state index contributed by atoms with van der Waals surface area (Å²) in [7, 11) is 0. The molecule has 1 amide bonds. The molecule has 1 aromatic carbocycles. The predicted molar refractivity (Wildman–Crippen MR) is 84.8 cm³/mol. The molecular weight excluding hydrogens is 262 g/mol. The average Bonchev–Trinajstić information content (AvgIpc) is 2.79. The van der Waals surface area contributed by atoms with Crippen molar-refractivity contribution in [1.29, 1.82) is 0 Å². The highest BCUT2D eigenvalue weighted by Gasteiger charge is 2.40. The third-order valence-corrected chi connectivity index (χ3v) is 4.75. The molecule has 3 heteroatoms. The number of carbonyl (C=O) groups is 1. The zero-order valence-electron chi connectivity index (χ0n) is 13.3. The Morgan fingerprint density at radius 1 is 1.29 bits per heavy atom. The van der Waals surface area contributed by atoms with E-state index >= 15 is 0 Å². The molecule has 4 atom stereocenters. The summed E-state index contributed by atoms with van der Waals surface area (Å²) in [6.45, 7) is 7.50. The molecule has 21 heavy (non-hydrogen) atoms. The largest absolute Gasteiger partial charge is 0.373 e. The molecule has 1 aliphatic carbocycles. The summed E-state index contributed by atoms with van der Waals surface area (Å²) in [5.74, 6) is 1.73. The number of ether oxygens (including phenoxy) is 1. The maximum atomic E-state index is 11.2. The van der Waals surface area contributed by atoms with Crippen LogP contribution in [-0.4, -0.2) is 18.6 Å². The highest BCUT2D eigenvalue weighted by Crippen LogP contribution is 2.40. The van der Waals surface area contributed by atoms with Crippen LogP contribution in [0.5, 0.6) is 0 Å². The molecule has 116 valence electrons. The van der Waals surface area contributed by atoms with Crippen molar-refractivity contribution in [2.24, 2.45) is 17.8 Å². The lowest BCUT2D eigenvalue weighted by Crippen LogP contribution is -2.34. The summed E-state index contributed by atoms with van der Waals surface area (Å²) >= 11 is 0. The Hall–Kier alpha value is -1.35. The number of carbonyl (C=O) groups excluding carboxylic acids is 1. The average molecular weight is 289 g/mol. The molecule has 1 fully saturated rings. The minimum Gasteiger partial charge on any atom is -0.373 e. The fraction of sp³-hybridized carbons (Fsp3) is 0.611. The van der Waals surface area contributed by atoms with E-state index < -0.39 is 0 Å². The third kappa shape index (κ3) is 4.31. The quantitative estimate of drug-likeness (QED) is 0.871. The zero-order valence-corrected chi connectivity index (χ0v) is 13.3. The first kappa shape index (κ1) is 16.0. The Labute approximate surface area is 128 Å². The molecule has 1 aliphatic rings. The van der Waals surface area contributed by atoms with Gasteiger partial charge in [0.1, 0.15) is 0 Å². The van der Waals surface area contributed by atoms with Gasteiger partial charge in [-0.2, -0.15) is 0 Å².